The van der Waals surface area contributed by atoms with E-state index in [1.165, 1.54) is 0 Å². The highest BCUT2D eigenvalue weighted by atomic mass is 32.2. The van der Waals surface area contributed by atoms with Gasteiger partial charge in [-0.1, -0.05) is 18.2 Å². The van der Waals surface area contributed by atoms with E-state index in [0.29, 0.717) is 24.2 Å². The van der Waals surface area contributed by atoms with E-state index >= 15 is 0 Å². The molecule has 24 heavy (non-hydrogen) atoms. The molecule has 0 amide bonds. The van der Waals surface area contributed by atoms with Gasteiger partial charge in [-0.25, -0.2) is 8.42 Å². The van der Waals surface area contributed by atoms with Gasteiger partial charge in [0.2, 0.25) is 10.0 Å². The SMILES string of the molecule is O=S(=O)(Nc1ccccc1)C1CCCN(c2ccncc2CO)C1. The van der Waals surface area contributed by atoms with Crippen molar-refractivity contribution in [3.63, 3.8) is 0 Å². The Hall–Kier alpha value is -2.12. The molecule has 6 nitrogen and oxygen atoms in total. The molecule has 0 saturated carbocycles. The van der Waals surface area contributed by atoms with E-state index in [4.69, 9.17) is 0 Å². The Kier molecular flexibility index (Phi) is 5.01. The van der Waals surface area contributed by atoms with Gasteiger partial charge in [-0.3, -0.25) is 9.71 Å². The topological polar surface area (TPSA) is 82.5 Å². The average molecular weight is 347 g/mol. The number of nitrogens with zero attached hydrogens (tertiary/aromatic N) is 2. The molecule has 3 rings (SSSR count). The Labute approximate surface area is 142 Å². The molecule has 1 aliphatic heterocycles. The van der Waals surface area contributed by atoms with Crippen LogP contribution in [0.1, 0.15) is 18.4 Å². The van der Waals surface area contributed by atoms with E-state index in [-0.39, 0.29) is 6.61 Å². The standard InChI is InChI=1S/C17H21N3O3S/c21-13-14-11-18-9-8-17(14)20-10-4-7-16(12-20)24(22,23)19-15-5-2-1-3-6-15/h1-3,5-6,8-9,11,16,19,21H,4,7,10,12-13H2. The number of rotatable bonds is 5. The monoisotopic (exact) mass is 347 g/mol. The first kappa shape index (κ1) is 16.7. The fourth-order valence-electron chi connectivity index (χ4n) is 3.01. The van der Waals surface area contributed by atoms with E-state index in [1.807, 2.05) is 17.0 Å². The Balaban J connectivity index is 1.78. The number of piperidine rings is 1. The summed E-state index contributed by atoms with van der Waals surface area (Å²) in [6.45, 7) is 1.06. The molecule has 2 N–H and O–H groups in total. The third-order valence-corrected chi connectivity index (χ3v) is 6.02. The molecule has 128 valence electrons. The zero-order valence-corrected chi connectivity index (χ0v) is 14.1. The average Bonchev–Trinajstić information content (AvgIpc) is 2.62. The summed E-state index contributed by atoms with van der Waals surface area (Å²) < 4.78 is 28.0. The molecule has 2 aromatic rings. The number of hydrogen-bond acceptors (Lipinski definition) is 5. The maximum absolute atomic E-state index is 12.7. The summed E-state index contributed by atoms with van der Waals surface area (Å²) in [6, 6.07) is 10.8. The minimum atomic E-state index is -3.47. The van der Waals surface area contributed by atoms with Gasteiger partial charge in [0.1, 0.15) is 0 Å². The molecule has 1 aliphatic rings. The van der Waals surface area contributed by atoms with Crippen molar-refractivity contribution < 1.29 is 13.5 Å². The third kappa shape index (κ3) is 3.68. The molecule has 0 aliphatic carbocycles. The normalized spacial score (nSPS) is 18.4. The highest BCUT2D eigenvalue weighted by molar-refractivity contribution is 7.93. The van der Waals surface area contributed by atoms with Crippen molar-refractivity contribution in [2.75, 3.05) is 22.7 Å². The van der Waals surface area contributed by atoms with Crippen molar-refractivity contribution >= 4 is 21.4 Å². The van der Waals surface area contributed by atoms with Crippen LogP contribution in [0.2, 0.25) is 0 Å². The van der Waals surface area contributed by atoms with Gasteiger partial charge in [0.25, 0.3) is 0 Å². The second-order valence-electron chi connectivity index (χ2n) is 5.89. The summed E-state index contributed by atoms with van der Waals surface area (Å²) in [4.78, 5) is 6.04. The first-order valence-corrected chi connectivity index (χ1v) is 9.50. The fraction of sp³-hybridized carbons (Fsp3) is 0.353. The summed E-state index contributed by atoms with van der Waals surface area (Å²) >= 11 is 0. The van der Waals surface area contributed by atoms with Gasteiger partial charge in [0.05, 0.1) is 11.9 Å². The summed E-state index contributed by atoms with van der Waals surface area (Å²) in [5.74, 6) is 0. The first-order valence-electron chi connectivity index (χ1n) is 7.95. The van der Waals surface area contributed by atoms with Gasteiger partial charge in [0, 0.05) is 42.4 Å². The second kappa shape index (κ2) is 7.19. The van der Waals surface area contributed by atoms with Crippen LogP contribution in [0, 0.1) is 0 Å². The molecule has 0 spiro atoms. The molecule has 1 unspecified atom stereocenters. The van der Waals surface area contributed by atoms with Crippen molar-refractivity contribution in [2.24, 2.45) is 0 Å². The minimum absolute atomic E-state index is 0.112. The maximum atomic E-state index is 12.7. The predicted molar refractivity (Wildman–Crippen MR) is 94.4 cm³/mol. The summed E-state index contributed by atoms with van der Waals surface area (Å²) in [5.41, 5.74) is 2.15. The number of sulfonamides is 1. The summed E-state index contributed by atoms with van der Waals surface area (Å²) in [6.07, 6.45) is 4.69. The second-order valence-corrected chi connectivity index (χ2v) is 7.85. The van der Waals surface area contributed by atoms with Gasteiger partial charge >= 0.3 is 0 Å². The first-order chi connectivity index (χ1) is 11.6. The number of aliphatic hydroxyl groups is 1. The number of nitrogens with one attached hydrogen (secondary N) is 1. The molecule has 0 bridgehead atoms. The van der Waals surface area contributed by atoms with E-state index in [9.17, 15) is 13.5 Å². The van der Waals surface area contributed by atoms with Gasteiger partial charge in [-0.15, -0.1) is 0 Å². The highest BCUT2D eigenvalue weighted by Crippen LogP contribution is 2.26. The van der Waals surface area contributed by atoms with Gasteiger partial charge in [0.15, 0.2) is 0 Å². The lowest BCUT2D eigenvalue weighted by atomic mass is 10.1. The Morgan fingerprint density at radius 1 is 1.25 bits per heavy atom. The van der Waals surface area contributed by atoms with Gasteiger partial charge in [-0.05, 0) is 31.0 Å². The van der Waals surface area contributed by atoms with Gasteiger partial charge in [-0.2, -0.15) is 0 Å². The van der Waals surface area contributed by atoms with Crippen LogP contribution in [0.25, 0.3) is 0 Å². The zero-order valence-electron chi connectivity index (χ0n) is 13.3. The molecule has 1 saturated heterocycles. The summed E-state index contributed by atoms with van der Waals surface area (Å²) in [7, 11) is -3.47. The zero-order chi connectivity index (χ0) is 17.0. The Morgan fingerprint density at radius 3 is 2.79 bits per heavy atom. The number of pyridine rings is 1. The number of benzene rings is 1. The van der Waals surface area contributed by atoms with Crippen molar-refractivity contribution in [3.8, 4) is 0 Å². The lowest BCUT2D eigenvalue weighted by molar-refractivity contribution is 0.281. The van der Waals surface area contributed by atoms with Crippen molar-refractivity contribution in [1.82, 2.24) is 4.98 Å². The largest absolute Gasteiger partial charge is 0.392 e. The number of aromatic nitrogens is 1. The fourth-order valence-corrected chi connectivity index (χ4v) is 4.50. The molecule has 1 aromatic carbocycles. The van der Waals surface area contributed by atoms with E-state index in [0.717, 1.165) is 18.7 Å². The molecular formula is C17H21N3O3S. The molecule has 1 aromatic heterocycles. The number of aliphatic hydroxyl groups excluding tert-OH is 1. The van der Waals surface area contributed by atoms with Crippen LogP contribution in [-0.2, 0) is 16.6 Å². The third-order valence-electron chi connectivity index (χ3n) is 4.24. The van der Waals surface area contributed by atoms with Crippen LogP contribution in [0.15, 0.2) is 48.8 Å². The van der Waals surface area contributed by atoms with Crippen LogP contribution in [0.4, 0.5) is 11.4 Å². The number of para-hydroxylation sites is 1. The smallest absolute Gasteiger partial charge is 0.237 e. The quantitative estimate of drug-likeness (QED) is 0.864. The van der Waals surface area contributed by atoms with Crippen molar-refractivity contribution in [1.29, 1.82) is 0 Å². The highest BCUT2D eigenvalue weighted by Gasteiger charge is 2.31. The molecule has 7 heteroatoms. The molecule has 0 radical (unpaired) electrons. The van der Waals surface area contributed by atoms with Crippen LogP contribution in [-0.4, -0.2) is 36.8 Å². The number of hydrogen-bond donors (Lipinski definition) is 2. The van der Waals surface area contributed by atoms with Crippen molar-refractivity contribution in [3.05, 3.63) is 54.4 Å². The van der Waals surface area contributed by atoms with E-state index in [2.05, 4.69) is 9.71 Å². The van der Waals surface area contributed by atoms with Crippen LogP contribution in [0.5, 0.6) is 0 Å². The number of anilines is 2. The van der Waals surface area contributed by atoms with Gasteiger partial charge < -0.3 is 10.0 Å². The van der Waals surface area contributed by atoms with Crippen molar-refractivity contribution in [2.45, 2.75) is 24.7 Å². The van der Waals surface area contributed by atoms with E-state index in [1.54, 1.807) is 36.7 Å². The van der Waals surface area contributed by atoms with Crippen LogP contribution < -0.4 is 9.62 Å². The molecule has 2 heterocycles. The minimum Gasteiger partial charge on any atom is -0.392 e. The predicted octanol–water partition coefficient (Wildman–Crippen LogP) is 1.98. The Morgan fingerprint density at radius 2 is 2.04 bits per heavy atom. The van der Waals surface area contributed by atoms with Crippen LogP contribution >= 0.6 is 0 Å². The molecule has 1 atom stereocenters. The lowest BCUT2D eigenvalue weighted by Gasteiger charge is -2.35. The summed E-state index contributed by atoms with van der Waals surface area (Å²) in [5, 5.41) is 8.98. The maximum Gasteiger partial charge on any atom is 0.237 e. The molecular weight excluding hydrogens is 326 g/mol. The van der Waals surface area contributed by atoms with Crippen LogP contribution in [0.3, 0.4) is 0 Å². The Bertz CT molecular complexity index is 781. The molecule has 1 fully saturated rings. The van der Waals surface area contributed by atoms with E-state index < -0.39 is 15.3 Å². The lowest BCUT2D eigenvalue weighted by Crippen LogP contribution is -2.44.